The fraction of sp³-hybridized carbons (Fsp3) is 0.568. The Bertz CT molecular complexity index is 2510. The van der Waals surface area contributed by atoms with E-state index in [4.69, 9.17) is 4.74 Å². The SMILES string of the molecule is CC(C)(O)Cn1cc(-c2nc(NC3CCN(S(=O)(=O)N4CCC(CN5CCC(OCC#Cc6cccc7c6C(=O)N(C6CCC(=O)NC6=O)C7=O)CC5)CC4)CC3)ncc2C(F)(F)F)cn1. The highest BCUT2D eigenvalue weighted by molar-refractivity contribution is 7.86. The Kier molecular flexibility index (Phi) is 13.7. The number of imide groups is 2. The zero-order valence-electron chi connectivity index (χ0n) is 36.7. The first-order chi connectivity index (χ1) is 31.3. The molecule has 1 aromatic carbocycles. The van der Waals surface area contributed by atoms with Crippen LogP contribution in [0.4, 0.5) is 19.1 Å². The van der Waals surface area contributed by atoms with Crippen molar-refractivity contribution in [3.05, 3.63) is 59.0 Å². The number of carbonyl (C=O) groups excluding carboxylic acids is 4. The zero-order chi connectivity index (χ0) is 47.0. The highest BCUT2D eigenvalue weighted by Crippen LogP contribution is 2.37. The van der Waals surface area contributed by atoms with Crippen LogP contribution in [0.1, 0.15) is 97.1 Å². The van der Waals surface area contributed by atoms with E-state index in [1.807, 2.05) is 0 Å². The molecular weight excluding hydrogens is 886 g/mol. The third kappa shape index (κ3) is 10.6. The van der Waals surface area contributed by atoms with Crippen LogP contribution >= 0.6 is 0 Å². The van der Waals surface area contributed by atoms with Gasteiger partial charge in [0.15, 0.2) is 0 Å². The summed E-state index contributed by atoms with van der Waals surface area (Å²) < 4.78 is 79.7. The lowest BCUT2D eigenvalue weighted by Gasteiger charge is -2.39. The first-order valence-corrected chi connectivity index (χ1v) is 23.6. The molecule has 1 atom stereocenters. The number of benzene rings is 1. The minimum absolute atomic E-state index is 0.00333. The van der Waals surface area contributed by atoms with Crippen LogP contribution in [0.5, 0.6) is 0 Å². The van der Waals surface area contributed by atoms with Gasteiger partial charge in [-0.3, -0.25) is 34.1 Å². The second-order valence-corrected chi connectivity index (χ2v) is 20.1. The lowest BCUT2D eigenvalue weighted by molar-refractivity contribution is -0.138. The quantitative estimate of drug-likeness (QED) is 0.176. The van der Waals surface area contributed by atoms with Crippen LogP contribution in [0.25, 0.3) is 11.3 Å². The van der Waals surface area contributed by atoms with Crippen LogP contribution in [0.2, 0.25) is 0 Å². The second kappa shape index (κ2) is 19.1. The molecule has 2 aromatic heterocycles. The number of amides is 4. The van der Waals surface area contributed by atoms with Crippen LogP contribution in [0, 0.1) is 17.8 Å². The Balaban J connectivity index is 0.758. The zero-order valence-corrected chi connectivity index (χ0v) is 37.5. The van der Waals surface area contributed by atoms with Gasteiger partial charge in [-0.05, 0) is 76.8 Å². The summed E-state index contributed by atoms with van der Waals surface area (Å²) in [7, 11) is -3.71. The molecule has 5 aliphatic rings. The van der Waals surface area contributed by atoms with Crippen molar-refractivity contribution in [1.29, 1.82) is 0 Å². The molecule has 0 radical (unpaired) electrons. The smallest absolute Gasteiger partial charge is 0.389 e. The molecule has 18 nitrogen and oxygen atoms in total. The molecular formula is C44H53F3N10O8S. The topological polar surface area (TPSA) is 212 Å². The van der Waals surface area contributed by atoms with E-state index >= 15 is 0 Å². The second-order valence-electron chi connectivity index (χ2n) is 18.1. The molecule has 22 heteroatoms. The number of nitrogens with one attached hydrogen (secondary N) is 2. The molecule has 66 heavy (non-hydrogen) atoms. The summed E-state index contributed by atoms with van der Waals surface area (Å²) in [4.78, 5) is 62.0. The third-order valence-electron chi connectivity index (χ3n) is 12.7. The monoisotopic (exact) mass is 938 g/mol. The number of piperidine rings is 4. The van der Waals surface area contributed by atoms with Crippen molar-refractivity contribution in [2.24, 2.45) is 5.92 Å². The van der Waals surface area contributed by atoms with Crippen LogP contribution in [0.3, 0.4) is 0 Å². The molecule has 3 N–H and O–H groups in total. The predicted molar refractivity (Wildman–Crippen MR) is 231 cm³/mol. The minimum Gasteiger partial charge on any atom is -0.389 e. The maximum absolute atomic E-state index is 14.0. The Morgan fingerprint density at radius 2 is 1.62 bits per heavy atom. The van der Waals surface area contributed by atoms with Gasteiger partial charge < -0.3 is 20.1 Å². The number of halogens is 3. The van der Waals surface area contributed by atoms with Crippen molar-refractivity contribution in [2.75, 3.05) is 57.7 Å². The minimum atomic E-state index is -4.72. The molecule has 4 saturated heterocycles. The summed E-state index contributed by atoms with van der Waals surface area (Å²) in [5.74, 6) is 3.97. The van der Waals surface area contributed by atoms with Crippen LogP contribution in [0.15, 0.2) is 36.8 Å². The Morgan fingerprint density at radius 3 is 2.29 bits per heavy atom. The van der Waals surface area contributed by atoms with Gasteiger partial charge in [0, 0.05) is 81.8 Å². The number of alkyl halides is 3. The molecule has 0 spiro atoms. The summed E-state index contributed by atoms with van der Waals surface area (Å²) in [5.41, 5.74) is -1.70. The predicted octanol–water partition coefficient (Wildman–Crippen LogP) is 2.90. The average molecular weight is 939 g/mol. The summed E-state index contributed by atoms with van der Waals surface area (Å²) in [5, 5.41) is 19.5. The maximum Gasteiger partial charge on any atom is 0.419 e. The van der Waals surface area contributed by atoms with Gasteiger partial charge in [-0.25, -0.2) is 9.97 Å². The molecule has 0 bridgehead atoms. The average Bonchev–Trinajstić information content (AvgIpc) is 3.83. The van der Waals surface area contributed by atoms with E-state index in [0.717, 1.165) is 56.4 Å². The molecule has 0 aliphatic carbocycles. The molecule has 7 heterocycles. The van der Waals surface area contributed by atoms with Gasteiger partial charge in [-0.2, -0.15) is 35.3 Å². The number of hydrogen-bond acceptors (Lipinski definition) is 13. The van der Waals surface area contributed by atoms with Crippen molar-refractivity contribution in [2.45, 2.75) is 102 Å². The number of likely N-dealkylation sites (tertiary alicyclic amines) is 1. The molecule has 0 saturated carbocycles. The molecule has 5 aliphatic heterocycles. The van der Waals surface area contributed by atoms with E-state index in [2.05, 4.69) is 42.4 Å². The van der Waals surface area contributed by atoms with Crippen molar-refractivity contribution >= 4 is 39.8 Å². The van der Waals surface area contributed by atoms with E-state index in [-0.39, 0.29) is 79.6 Å². The number of anilines is 1. The van der Waals surface area contributed by atoms with E-state index in [1.54, 1.807) is 30.3 Å². The van der Waals surface area contributed by atoms with E-state index in [0.29, 0.717) is 37.4 Å². The lowest BCUT2D eigenvalue weighted by atomic mass is 9.96. The number of aliphatic hydroxyl groups is 1. The normalized spacial score (nSPS) is 21.5. The van der Waals surface area contributed by atoms with Crippen molar-refractivity contribution in [1.82, 2.24) is 43.5 Å². The molecule has 8 rings (SSSR count). The van der Waals surface area contributed by atoms with E-state index < -0.39 is 57.2 Å². The number of hydrogen-bond donors (Lipinski definition) is 3. The summed E-state index contributed by atoms with van der Waals surface area (Å²) in [6.07, 6.45) is 2.67. The number of carbonyl (C=O) groups is 4. The summed E-state index contributed by atoms with van der Waals surface area (Å²) >= 11 is 0. The van der Waals surface area contributed by atoms with Gasteiger partial charge in [0.1, 0.15) is 18.2 Å². The highest BCUT2D eigenvalue weighted by Gasteiger charge is 2.46. The first kappa shape index (κ1) is 47.2. The number of rotatable bonds is 12. The molecule has 4 amide bonds. The molecule has 354 valence electrons. The number of aromatic nitrogens is 4. The Morgan fingerprint density at radius 1 is 0.924 bits per heavy atom. The van der Waals surface area contributed by atoms with E-state index in [9.17, 15) is 45.9 Å². The van der Waals surface area contributed by atoms with Gasteiger partial charge >= 0.3 is 6.18 Å². The fourth-order valence-electron chi connectivity index (χ4n) is 9.28. The number of ether oxygens (including phenoxy) is 1. The number of nitrogens with zero attached hydrogens (tertiary/aromatic N) is 8. The largest absolute Gasteiger partial charge is 0.419 e. The molecule has 4 fully saturated rings. The van der Waals surface area contributed by atoms with Gasteiger partial charge in [0.05, 0.1) is 41.3 Å². The van der Waals surface area contributed by atoms with Crippen LogP contribution in [-0.2, 0) is 37.3 Å². The van der Waals surface area contributed by atoms with Crippen molar-refractivity contribution in [3.8, 4) is 23.1 Å². The number of fused-ring (bicyclic) bond motifs is 1. The first-order valence-electron chi connectivity index (χ1n) is 22.2. The summed E-state index contributed by atoms with van der Waals surface area (Å²) in [6, 6.07) is 3.49. The fourth-order valence-corrected chi connectivity index (χ4v) is 11.0. The van der Waals surface area contributed by atoms with Crippen molar-refractivity contribution in [3.63, 3.8) is 0 Å². The van der Waals surface area contributed by atoms with Gasteiger partial charge in [0.25, 0.3) is 22.0 Å². The van der Waals surface area contributed by atoms with Crippen molar-refractivity contribution < 1.29 is 50.6 Å². The van der Waals surface area contributed by atoms with Gasteiger partial charge in [-0.1, -0.05) is 17.9 Å². The lowest BCUT2D eigenvalue weighted by Crippen LogP contribution is -2.54. The third-order valence-corrected chi connectivity index (χ3v) is 14.7. The van der Waals surface area contributed by atoms with Crippen LogP contribution < -0.4 is 10.6 Å². The van der Waals surface area contributed by atoms with Crippen LogP contribution in [-0.4, -0.2) is 152 Å². The molecule has 3 aromatic rings. The Labute approximate surface area is 380 Å². The Hall–Kier alpha value is -5.31. The molecule has 1 unspecified atom stereocenters. The van der Waals surface area contributed by atoms with Gasteiger partial charge in [0.2, 0.25) is 17.8 Å². The van der Waals surface area contributed by atoms with Gasteiger partial charge in [-0.15, -0.1) is 0 Å². The standard InChI is InChI=1S/C44H53F3N10O8S/c1-43(2,62)27-54-26-30(23-49-54)38-34(44(45,46)47)24-48-42(52-38)50-31-12-20-56(21-13-31)66(63,64)55-18-10-28(11-19-55)25-53-16-14-32(15-17-53)65-22-4-6-29-5-3-7-33-37(29)41(61)57(40(33)60)35-8-9-36(58)51-39(35)59/h3,5,7,23-24,26,28,31-32,35,62H,8-22,25,27H2,1-2H3,(H,48,50,52)(H,51,58,59). The maximum atomic E-state index is 14.0. The van der Waals surface area contributed by atoms with E-state index in [1.165, 1.54) is 27.4 Å². The summed E-state index contributed by atoms with van der Waals surface area (Å²) in [6.45, 7) is 7.13. The highest BCUT2D eigenvalue weighted by atomic mass is 32.2.